The lowest BCUT2D eigenvalue weighted by molar-refractivity contribution is 0.686. The number of rotatable bonds is 6. The molecule has 2 aliphatic carbocycles. The Morgan fingerprint density at radius 1 is 1.24 bits per heavy atom. The summed E-state index contributed by atoms with van der Waals surface area (Å²) in [5.74, 6) is 2.61. The van der Waals surface area contributed by atoms with Gasteiger partial charge in [-0.3, -0.25) is 0 Å². The van der Waals surface area contributed by atoms with Gasteiger partial charge < -0.3 is 10.2 Å². The second-order valence-electron chi connectivity index (χ2n) is 5.68. The van der Waals surface area contributed by atoms with Crippen molar-refractivity contribution in [1.29, 1.82) is 0 Å². The third-order valence-electron chi connectivity index (χ3n) is 3.86. The van der Waals surface area contributed by atoms with Crippen LogP contribution in [-0.4, -0.2) is 49.4 Å². The largest absolute Gasteiger partial charge is 0.357 e. The molecule has 2 saturated carbocycles. The Labute approximate surface area is 122 Å². The van der Waals surface area contributed by atoms with Crippen LogP contribution >= 0.6 is 0 Å². The zero-order chi connectivity index (χ0) is 14.2. The molecule has 0 unspecified atom stereocenters. The van der Waals surface area contributed by atoms with E-state index in [4.69, 9.17) is 0 Å². The topological polar surface area (TPSA) is 84.7 Å². The highest BCUT2D eigenvalue weighted by atomic mass is 15.4. The summed E-state index contributed by atoms with van der Waals surface area (Å²) in [6, 6.07) is 0.585. The van der Waals surface area contributed by atoms with Gasteiger partial charge in [-0.15, -0.1) is 0 Å². The number of hydrogen-bond acceptors (Lipinski definition) is 7. The van der Waals surface area contributed by atoms with Crippen molar-refractivity contribution in [3.63, 3.8) is 0 Å². The van der Waals surface area contributed by atoms with Crippen molar-refractivity contribution in [3.05, 3.63) is 12.7 Å². The smallest absolute Gasteiger partial charge is 0.258 e. The molecule has 2 fully saturated rings. The van der Waals surface area contributed by atoms with Crippen molar-refractivity contribution in [2.24, 2.45) is 5.92 Å². The third-order valence-corrected chi connectivity index (χ3v) is 3.86. The van der Waals surface area contributed by atoms with E-state index < -0.39 is 0 Å². The van der Waals surface area contributed by atoms with Crippen molar-refractivity contribution in [2.45, 2.75) is 31.7 Å². The molecular weight excluding hydrogens is 268 g/mol. The number of anilines is 2. The number of nitrogens with zero attached hydrogens (tertiary/aromatic N) is 7. The molecule has 0 saturated heterocycles. The Kier molecular flexibility index (Phi) is 2.94. The number of aromatic nitrogens is 6. The van der Waals surface area contributed by atoms with Crippen molar-refractivity contribution in [3.8, 4) is 5.95 Å². The van der Waals surface area contributed by atoms with E-state index in [0.717, 1.165) is 18.4 Å². The molecule has 8 heteroatoms. The average Bonchev–Trinajstić information content (AvgIpc) is 3.44. The average molecular weight is 286 g/mol. The Bertz CT molecular complexity index is 617. The third kappa shape index (κ3) is 2.65. The fraction of sp³-hybridized carbons (Fsp3) is 0.615. The fourth-order valence-corrected chi connectivity index (χ4v) is 2.37. The van der Waals surface area contributed by atoms with Gasteiger partial charge in [0.05, 0.1) is 0 Å². The maximum atomic E-state index is 4.59. The number of nitrogens with one attached hydrogen (secondary N) is 1. The van der Waals surface area contributed by atoms with Gasteiger partial charge >= 0.3 is 0 Å². The molecule has 0 aromatic carbocycles. The molecule has 2 aromatic heterocycles. The first-order valence-electron chi connectivity index (χ1n) is 7.39. The molecule has 0 bridgehead atoms. The van der Waals surface area contributed by atoms with E-state index in [2.05, 4.69) is 35.3 Å². The van der Waals surface area contributed by atoms with Crippen LogP contribution in [-0.2, 0) is 0 Å². The van der Waals surface area contributed by atoms with E-state index in [-0.39, 0.29) is 0 Å². The van der Waals surface area contributed by atoms with Crippen LogP contribution in [0, 0.1) is 5.92 Å². The van der Waals surface area contributed by atoms with Crippen LogP contribution < -0.4 is 10.2 Å². The summed E-state index contributed by atoms with van der Waals surface area (Å²) in [5, 5.41) is 7.11. The second-order valence-corrected chi connectivity index (χ2v) is 5.68. The summed E-state index contributed by atoms with van der Waals surface area (Å²) < 4.78 is 1.56. The highest BCUT2D eigenvalue weighted by Gasteiger charge is 2.35. The minimum atomic E-state index is 0.503. The Morgan fingerprint density at radius 3 is 2.71 bits per heavy atom. The molecule has 2 heterocycles. The van der Waals surface area contributed by atoms with E-state index >= 15 is 0 Å². The zero-order valence-corrected chi connectivity index (χ0v) is 12.0. The van der Waals surface area contributed by atoms with Gasteiger partial charge in [0.25, 0.3) is 5.95 Å². The Morgan fingerprint density at radius 2 is 2.10 bits per heavy atom. The van der Waals surface area contributed by atoms with Crippen LogP contribution in [0.1, 0.15) is 25.7 Å². The summed E-state index contributed by atoms with van der Waals surface area (Å²) in [6.45, 7) is 1.05. The molecular formula is C13H18N8. The molecule has 0 aliphatic heterocycles. The van der Waals surface area contributed by atoms with Crippen molar-refractivity contribution in [1.82, 2.24) is 29.7 Å². The summed E-state index contributed by atoms with van der Waals surface area (Å²) >= 11 is 0. The maximum absolute atomic E-state index is 4.59. The Hall–Kier alpha value is -2.25. The van der Waals surface area contributed by atoms with Crippen LogP contribution in [0.2, 0.25) is 0 Å². The SMILES string of the molecule is CNc1nc(N(CC2CC2)C2CC2)nc(-n2cncn2)n1. The van der Waals surface area contributed by atoms with Crippen molar-refractivity contribution in [2.75, 3.05) is 23.8 Å². The summed E-state index contributed by atoms with van der Waals surface area (Å²) in [4.78, 5) is 19.8. The maximum Gasteiger partial charge on any atom is 0.258 e. The van der Waals surface area contributed by atoms with Gasteiger partial charge in [0.15, 0.2) is 0 Å². The molecule has 2 aliphatic rings. The van der Waals surface area contributed by atoms with Crippen molar-refractivity contribution < 1.29 is 0 Å². The predicted molar refractivity (Wildman–Crippen MR) is 77.4 cm³/mol. The fourth-order valence-electron chi connectivity index (χ4n) is 2.37. The van der Waals surface area contributed by atoms with Gasteiger partial charge in [0.2, 0.25) is 11.9 Å². The van der Waals surface area contributed by atoms with Crippen LogP contribution in [0.5, 0.6) is 0 Å². The molecule has 2 aromatic rings. The molecule has 110 valence electrons. The monoisotopic (exact) mass is 286 g/mol. The van der Waals surface area contributed by atoms with E-state index in [1.807, 2.05) is 7.05 Å². The highest BCUT2D eigenvalue weighted by molar-refractivity contribution is 5.42. The van der Waals surface area contributed by atoms with E-state index in [1.54, 1.807) is 11.0 Å². The molecule has 1 N–H and O–H groups in total. The normalized spacial score (nSPS) is 17.8. The standard InChI is InChI=1S/C13H18N8/c1-14-11-17-12(19-13(18-11)21-8-15-7-16-21)20(10-4-5-10)6-9-2-3-9/h7-10H,2-6H2,1H3,(H,14,17,18,19). The first kappa shape index (κ1) is 12.5. The molecule has 0 atom stereocenters. The van der Waals surface area contributed by atoms with Gasteiger partial charge in [0, 0.05) is 19.6 Å². The van der Waals surface area contributed by atoms with Crippen molar-refractivity contribution >= 4 is 11.9 Å². The van der Waals surface area contributed by atoms with Gasteiger partial charge in [-0.2, -0.15) is 24.7 Å². The first-order valence-corrected chi connectivity index (χ1v) is 7.39. The first-order chi connectivity index (χ1) is 10.3. The lowest BCUT2D eigenvalue weighted by Crippen LogP contribution is -2.30. The molecule has 8 nitrogen and oxygen atoms in total. The van der Waals surface area contributed by atoms with E-state index in [0.29, 0.717) is 17.9 Å². The second kappa shape index (κ2) is 4.94. The van der Waals surface area contributed by atoms with Crippen LogP contribution in [0.3, 0.4) is 0 Å². The lowest BCUT2D eigenvalue weighted by Gasteiger charge is -2.22. The zero-order valence-electron chi connectivity index (χ0n) is 12.0. The quantitative estimate of drug-likeness (QED) is 0.843. The van der Waals surface area contributed by atoms with Gasteiger partial charge in [0.1, 0.15) is 12.7 Å². The van der Waals surface area contributed by atoms with Gasteiger partial charge in [-0.05, 0) is 31.6 Å². The summed E-state index contributed by atoms with van der Waals surface area (Å²) in [6.07, 6.45) is 8.18. The van der Waals surface area contributed by atoms with E-state index in [1.165, 1.54) is 32.0 Å². The highest BCUT2D eigenvalue weighted by Crippen LogP contribution is 2.36. The van der Waals surface area contributed by atoms with Crippen LogP contribution in [0.25, 0.3) is 5.95 Å². The van der Waals surface area contributed by atoms with Crippen LogP contribution in [0.15, 0.2) is 12.7 Å². The molecule has 21 heavy (non-hydrogen) atoms. The minimum Gasteiger partial charge on any atom is -0.357 e. The van der Waals surface area contributed by atoms with Gasteiger partial charge in [-0.1, -0.05) is 0 Å². The molecule has 0 radical (unpaired) electrons. The predicted octanol–water partition coefficient (Wildman–Crippen LogP) is 0.873. The number of hydrogen-bond donors (Lipinski definition) is 1. The summed E-state index contributed by atoms with van der Waals surface area (Å²) in [7, 11) is 1.81. The summed E-state index contributed by atoms with van der Waals surface area (Å²) in [5.41, 5.74) is 0. The minimum absolute atomic E-state index is 0.503. The molecule has 0 spiro atoms. The lowest BCUT2D eigenvalue weighted by atomic mass is 10.3. The van der Waals surface area contributed by atoms with Gasteiger partial charge in [-0.25, -0.2) is 4.98 Å². The van der Waals surface area contributed by atoms with Crippen LogP contribution in [0.4, 0.5) is 11.9 Å². The molecule has 0 amide bonds. The Balaban J connectivity index is 1.70. The van der Waals surface area contributed by atoms with E-state index in [9.17, 15) is 0 Å². The molecule has 4 rings (SSSR count).